The van der Waals surface area contributed by atoms with Crippen molar-refractivity contribution in [2.75, 3.05) is 29.9 Å². The molecule has 178 valence electrons. The fourth-order valence-corrected chi connectivity index (χ4v) is 4.03. The number of aliphatic hydroxyl groups excluding tert-OH is 1. The van der Waals surface area contributed by atoms with Gasteiger partial charge in [0.2, 0.25) is 5.91 Å². The Balaban J connectivity index is 1.83. The highest BCUT2D eigenvalue weighted by Gasteiger charge is 2.25. The average Bonchev–Trinajstić information content (AvgIpc) is 3.23. The molecule has 0 aliphatic carbocycles. The molecule has 2 aromatic carbocycles. The first-order chi connectivity index (χ1) is 15.9. The summed E-state index contributed by atoms with van der Waals surface area (Å²) in [6.45, 7) is 7.76. The van der Waals surface area contributed by atoms with E-state index in [-0.39, 0.29) is 17.9 Å². The van der Waals surface area contributed by atoms with Gasteiger partial charge in [0.25, 0.3) is 5.91 Å². The quantitative estimate of drug-likeness (QED) is 0.421. The first-order valence-electron chi connectivity index (χ1n) is 11.8. The normalized spacial score (nSPS) is 15.5. The highest BCUT2D eigenvalue weighted by molar-refractivity contribution is 6.00. The summed E-state index contributed by atoms with van der Waals surface area (Å²) >= 11 is 0. The molecule has 0 bridgehead atoms. The van der Waals surface area contributed by atoms with E-state index in [0.717, 1.165) is 23.4 Å². The van der Waals surface area contributed by atoms with Crippen LogP contribution in [0.2, 0.25) is 0 Å². The van der Waals surface area contributed by atoms with E-state index in [1.807, 2.05) is 57.2 Å². The van der Waals surface area contributed by atoms with Crippen molar-refractivity contribution in [3.8, 4) is 0 Å². The molecule has 3 rings (SSSR count). The highest BCUT2D eigenvalue weighted by atomic mass is 16.3. The number of aliphatic hydroxyl groups is 1. The van der Waals surface area contributed by atoms with E-state index in [1.165, 1.54) is 0 Å². The zero-order valence-corrected chi connectivity index (χ0v) is 19.8. The van der Waals surface area contributed by atoms with Crippen molar-refractivity contribution >= 4 is 23.2 Å². The monoisotopic (exact) mass is 452 g/mol. The van der Waals surface area contributed by atoms with Crippen LogP contribution in [0.4, 0.5) is 11.4 Å². The molecule has 1 heterocycles. The second-order valence-electron chi connectivity index (χ2n) is 8.85. The molecule has 2 atom stereocenters. The van der Waals surface area contributed by atoms with Crippen molar-refractivity contribution in [3.63, 3.8) is 0 Å². The third-order valence-corrected chi connectivity index (χ3v) is 5.76. The molecule has 1 fully saturated rings. The van der Waals surface area contributed by atoms with Gasteiger partial charge in [-0.05, 0) is 43.5 Å². The molecule has 4 N–H and O–H groups in total. The van der Waals surface area contributed by atoms with Gasteiger partial charge in [0.15, 0.2) is 0 Å². The molecular weight excluding hydrogens is 416 g/mol. The number of benzene rings is 2. The summed E-state index contributed by atoms with van der Waals surface area (Å²) in [7, 11) is 0. The number of anilines is 2. The molecule has 7 heteroatoms. The minimum Gasteiger partial charge on any atom is -0.390 e. The lowest BCUT2D eigenvalue weighted by molar-refractivity contribution is -0.117. The van der Waals surface area contributed by atoms with E-state index in [4.69, 9.17) is 0 Å². The van der Waals surface area contributed by atoms with E-state index >= 15 is 0 Å². The maximum absolute atomic E-state index is 13.3. The molecule has 0 aromatic heterocycles. The Kier molecular flexibility index (Phi) is 8.86. The van der Waals surface area contributed by atoms with Crippen molar-refractivity contribution in [3.05, 3.63) is 59.7 Å². The molecule has 2 aromatic rings. The van der Waals surface area contributed by atoms with Crippen LogP contribution in [0.15, 0.2) is 48.5 Å². The van der Waals surface area contributed by atoms with Crippen molar-refractivity contribution in [1.82, 2.24) is 10.6 Å². The number of amides is 2. The summed E-state index contributed by atoms with van der Waals surface area (Å²) in [4.78, 5) is 27.3. The van der Waals surface area contributed by atoms with E-state index in [1.54, 1.807) is 17.0 Å². The largest absolute Gasteiger partial charge is 0.390 e. The second-order valence-corrected chi connectivity index (χ2v) is 8.85. The SMILES string of the molecule is CCNc1cc(C(=O)NC(Cc2ccccc2)C(O)CNC(C)C)cc(N2CCCC2=O)c1. The Hall–Kier alpha value is -2.90. The number of nitrogens with one attached hydrogen (secondary N) is 3. The fraction of sp³-hybridized carbons (Fsp3) is 0.462. The van der Waals surface area contributed by atoms with Crippen LogP contribution in [0.25, 0.3) is 0 Å². The van der Waals surface area contributed by atoms with Gasteiger partial charge in [-0.25, -0.2) is 0 Å². The van der Waals surface area contributed by atoms with Crippen LogP contribution >= 0.6 is 0 Å². The lowest BCUT2D eigenvalue weighted by Gasteiger charge is -2.26. The molecule has 1 saturated heterocycles. The van der Waals surface area contributed by atoms with Crippen LogP contribution in [-0.4, -0.2) is 54.7 Å². The van der Waals surface area contributed by atoms with Crippen molar-refractivity contribution in [2.24, 2.45) is 0 Å². The van der Waals surface area contributed by atoms with Crippen LogP contribution < -0.4 is 20.9 Å². The number of rotatable bonds is 11. The van der Waals surface area contributed by atoms with Crippen LogP contribution in [0.1, 0.15) is 49.5 Å². The highest BCUT2D eigenvalue weighted by Crippen LogP contribution is 2.27. The van der Waals surface area contributed by atoms with E-state index in [0.29, 0.717) is 38.0 Å². The van der Waals surface area contributed by atoms with Gasteiger partial charge in [0.1, 0.15) is 0 Å². The molecule has 0 spiro atoms. The maximum atomic E-state index is 13.3. The first kappa shape index (κ1) is 24.7. The van der Waals surface area contributed by atoms with Gasteiger partial charge in [-0.3, -0.25) is 9.59 Å². The third-order valence-electron chi connectivity index (χ3n) is 5.76. The Morgan fingerprint density at radius 2 is 1.91 bits per heavy atom. The van der Waals surface area contributed by atoms with Gasteiger partial charge in [0.05, 0.1) is 12.1 Å². The van der Waals surface area contributed by atoms with Gasteiger partial charge in [0, 0.05) is 49.0 Å². The molecule has 2 unspecified atom stereocenters. The van der Waals surface area contributed by atoms with Gasteiger partial charge in [-0.1, -0.05) is 44.2 Å². The smallest absolute Gasteiger partial charge is 0.251 e. The van der Waals surface area contributed by atoms with Crippen molar-refractivity contribution < 1.29 is 14.7 Å². The number of carbonyl (C=O) groups is 2. The van der Waals surface area contributed by atoms with Crippen LogP contribution in [-0.2, 0) is 11.2 Å². The van der Waals surface area contributed by atoms with Gasteiger partial charge in [-0.2, -0.15) is 0 Å². The molecule has 1 aliphatic heterocycles. The Morgan fingerprint density at radius 3 is 2.55 bits per heavy atom. The zero-order chi connectivity index (χ0) is 23.8. The topological polar surface area (TPSA) is 93.7 Å². The standard InChI is InChI=1S/C26H36N4O3/c1-4-27-21-14-20(15-22(16-21)30-12-8-11-25(30)32)26(33)29-23(24(31)17-28-18(2)3)13-19-9-6-5-7-10-19/h5-7,9-10,14-16,18,23-24,27-28,31H,4,8,11-13,17H2,1-3H3,(H,29,33). The number of hydrogen-bond acceptors (Lipinski definition) is 5. The van der Waals surface area contributed by atoms with Crippen molar-refractivity contribution in [1.29, 1.82) is 0 Å². The van der Waals surface area contributed by atoms with Crippen molar-refractivity contribution in [2.45, 2.75) is 58.2 Å². The number of hydrogen-bond donors (Lipinski definition) is 4. The third kappa shape index (κ3) is 7.04. The average molecular weight is 453 g/mol. The van der Waals surface area contributed by atoms with Gasteiger partial charge >= 0.3 is 0 Å². The summed E-state index contributed by atoms with van der Waals surface area (Å²) < 4.78 is 0. The predicted molar refractivity (Wildman–Crippen MR) is 133 cm³/mol. The maximum Gasteiger partial charge on any atom is 0.251 e. The lowest BCUT2D eigenvalue weighted by Crippen LogP contribution is -2.49. The fourth-order valence-electron chi connectivity index (χ4n) is 4.03. The van der Waals surface area contributed by atoms with Crippen LogP contribution in [0.5, 0.6) is 0 Å². The summed E-state index contributed by atoms with van der Waals surface area (Å²) in [5.41, 5.74) is 3.02. The predicted octanol–water partition coefficient (Wildman–Crippen LogP) is 2.95. The lowest BCUT2D eigenvalue weighted by atomic mass is 10.00. The van der Waals surface area contributed by atoms with Gasteiger partial charge in [-0.15, -0.1) is 0 Å². The molecular formula is C26H36N4O3. The number of carbonyl (C=O) groups excluding carboxylic acids is 2. The summed E-state index contributed by atoms with van der Waals surface area (Å²) in [5, 5.41) is 20.4. The molecule has 0 radical (unpaired) electrons. The molecule has 1 aliphatic rings. The Morgan fingerprint density at radius 1 is 1.15 bits per heavy atom. The molecule has 0 saturated carbocycles. The van der Waals surface area contributed by atoms with E-state index < -0.39 is 12.1 Å². The van der Waals surface area contributed by atoms with E-state index in [2.05, 4.69) is 16.0 Å². The second kappa shape index (κ2) is 11.8. The minimum atomic E-state index is -0.756. The summed E-state index contributed by atoms with van der Waals surface area (Å²) in [6, 6.07) is 15.1. The Labute approximate surface area is 196 Å². The molecule has 7 nitrogen and oxygen atoms in total. The summed E-state index contributed by atoms with van der Waals surface area (Å²) in [6.07, 6.45) is 1.10. The van der Waals surface area contributed by atoms with Crippen LogP contribution in [0.3, 0.4) is 0 Å². The first-order valence-corrected chi connectivity index (χ1v) is 11.8. The summed E-state index contributed by atoms with van der Waals surface area (Å²) in [5.74, 6) is -0.195. The Bertz CT molecular complexity index is 932. The zero-order valence-electron chi connectivity index (χ0n) is 19.8. The molecule has 2 amide bonds. The number of nitrogens with zero attached hydrogens (tertiary/aromatic N) is 1. The van der Waals surface area contributed by atoms with Gasteiger partial charge < -0.3 is 26.0 Å². The molecule has 33 heavy (non-hydrogen) atoms. The van der Waals surface area contributed by atoms with Crippen LogP contribution in [0, 0.1) is 0 Å². The minimum absolute atomic E-state index is 0.0761. The van der Waals surface area contributed by atoms with E-state index in [9.17, 15) is 14.7 Å².